The van der Waals surface area contributed by atoms with Crippen molar-refractivity contribution < 1.29 is 23.2 Å². The Hall–Kier alpha value is -2.36. The topological polar surface area (TPSA) is 98.5 Å². The normalized spacial score (nSPS) is 11.6. The lowest BCUT2D eigenvalue weighted by Gasteiger charge is -2.14. The molecule has 2 aromatic heterocycles. The molecule has 0 unspecified atom stereocenters. The van der Waals surface area contributed by atoms with Crippen LogP contribution in [0.5, 0.6) is 5.75 Å². The van der Waals surface area contributed by atoms with Gasteiger partial charge in [-0.25, -0.2) is 13.4 Å². The van der Waals surface area contributed by atoms with Crippen molar-refractivity contribution in [2.24, 2.45) is 0 Å². The van der Waals surface area contributed by atoms with Crippen LogP contribution in [0.4, 0.5) is 0 Å². The first-order valence-corrected chi connectivity index (χ1v) is 11.7. The van der Waals surface area contributed by atoms with E-state index in [9.17, 15) is 18.4 Å². The van der Waals surface area contributed by atoms with Crippen molar-refractivity contribution in [3.63, 3.8) is 0 Å². The van der Waals surface area contributed by atoms with Gasteiger partial charge in [0, 0.05) is 5.56 Å². The second-order valence-electron chi connectivity index (χ2n) is 6.08. The number of imidazole rings is 1. The fourth-order valence-electron chi connectivity index (χ4n) is 2.86. The van der Waals surface area contributed by atoms with Gasteiger partial charge in [-0.2, -0.15) is 4.73 Å². The molecule has 0 aliphatic rings. The van der Waals surface area contributed by atoms with Gasteiger partial charge in [0.25, 0.3) is 0 Å². The molecule has 0 amide bonds. The smallest absolute Gasteiger partial charge is 0.216 e. The molecular weight excluding hydrogens is 436 g/mol. The van der Waals surface area contributed by atoms with E-state index in [4.69, 9.17) is 16.3 Å². The lowest BCUT2D eigenvalue weighted by molar-refractivity contribution is 0.0986. The molecule has 1 aromatic carbocycles. The predicted molar refractivity (Wildman–Crippen MR) is 111 cm³/mol. The van der Waals surface area contributed by atoms with E-state index < -0.39 is 15.6 Å². The molecule has 0 atom stereocenters. The van der Waals surface area contributed by atoms with Gasteiger partial charge in [-0.3, -0.25) is 4.79 Å². The monoisotopic (exact) mass is 454 g/mol. The maximum Gasteiger partial charge on any atom is 0.216 e. The van der Waals surface area contributed by atoms with Crippen molar-refractivity contribution in [2.75, 3.05) is 12.4 Å². The van der Waals surface area contributed by atoms with Crippen molar-refractivity contribution in [3.05, 3.63) is 51.6 Å². The fraction of sp³-hybridized carbons (Fsp3) is 0.263. The van der Waals surface area contributed by atoms with Crippen LogP contribution in [0.3, 0.4) is 0 Å². The Morgan fingerprint density at radius 3 is 2.62 bits per heavy atom. The minimum atomic E-state index is -3.61. The molecule has 0 fully saturated rings. The number of thiophene rings is 1. The summed E-state index contributed by atoms with van der Waals surface area (Å²) in [5.74, 6) is -0.551. The van der Waals surface area contributed by atoms with Crippen LogP contribution in [0.1, 0.15) is 35.6 Å². The summed E-state index contributed by atoms with van der Waals surface area (Å²) in [4.78, 5) is 18.1. The van der Waals surface area contributed by atoms with Gasteiger partial charge in [-0.05, 0) is 37.4 Å². The van der Waals surface area contributed by atoms with E-state index in [0.29, 0.717) is 10.6 Å². The van der Waals surface area contributed by atoms with E-state index in [-0.39, 0.29) is 45.1 Å². The number of rotatable bonds is 7. The van der Waals surface area contributed by atoms with Crippen molar-refractivity contribution >= 4 is 38.6 Å². The first kappa shape index (κ1) is 21.4. The highest BCUT2D eigenvalue weighted by Crippen LogP contribution is 2.37. The highest BCUT2D eigenvalue weighted by molar-refractivity contribution is 7.91. The first-order chi connectivity index (χ1) is 13.7. The maximum absolute atomic E-state index is 13.2. The summed E-state index contributed by atoms with van der Waals surface area (Å²) in [6, 6.07) is 6.21. The molecule has 7 nitrogen and oxygen atoms in total. The number of benzene rings is 1. The molecule has 3 rings (SSSR count). The third kappa shape index (κ3) is 3.77. The summed E-state index contributed by atoms with van der Waals surface area (Å²) in [5, 5.41) is 12.3. The molecule has 0 aliphatic carbocycles. The molecule has 0 saturated carbocycles. The van der Waals surface area contributed by atoms with Crippen LogP contribution < -0.4 is 4.74 Å². The molecule has 0 aliphatic heterocycles. The summed E-state index contributed by atoms with van der Waals surface area (Å²) in [6.45, 7) is 4.97. The number of ether oxygens (including phenoxy) is 1. The Bertz CT molecular complexity index is 1170. The van der Waals surface area contributed by atoms with Gasteiger partial charge in [0.05, 0.1) is 28.0 Å². The van der Waals surface area contributed by atoms with Gasteiger partial charge in [0.1, 0.15) is 4.90 Å². The van der Waals surface area contributed by atoms with E-state index in [0.717, 1.165) is 4.73 Å². The van der Waals surface area contributed by atoms with E-state index in [1.165, 1.54) is 30.4 Å². The first-order valence-electron chi connectivity index (χ1n) is 8.78. The number of sulfone groups is 1. The quantitative estimate of drug-likeness (QED) is 0.423. The highest BCUT2D eigenvalue weighted by Gasteiger charge is 2.29. The fourth-order valence-corrected chi connectivity index (χ4v) is 4.95. The van der Waals surface area contributed by atoms with Gasteiger partial charge in [0.2, 0.25) is 5.78 Å². The Labute approximate surface area is 177 Å². The summed E-state index contributed by atoms with van der Waals surface area (Å²) in [6.07, 6.45) is 0. The van der Waals surface area contributed by atoms with Crippen LogP contribution in [0.15, 0.2) is 34.5 Å². The largest absolute Gasteiger partial charge is 0.491 e. The summed E-state index contributed by atoms with van der Waals surface area (Å²) in [7, 11) is -3.61. The molecular formula is C19H19ClN2O5S2. The minimum absolute atomic E-state index is 0.0150. The third-order valence-corrected chi connectivity index (χ3v) is 7.29. The lowest BCUT2D eigenvalue weighted by atomic mass is 10.1. The molecule has 0 bridgehead atoms. The van der Waals surface area contributed by atoms with Crippen molar-refractivity contribution in [1.82, 2.24) is 9.71 Å². The van der Waals surface area contributed by atoms with Gasteiger partial charge < -0.3 is 9.94 Å². The number of hydrogen-bond acceptors (Lipinski definition) is 7. The summed E-state index contributed by atoms with van der Waals surface area (Å²) < 4.78 is 30.9. The second kappa shape index (κ2) is 8.17. The van der Waals surface area contributed by atoms with Crippen molar-refractivity contribution in [2.45, 2.75) is 25.7 Å². The summed E-state index contributed by atoms with van der Waals surface area (Å²) >= 11 is 7.76. The molecule has 0 spiro atoms. The van der Waals surface area contributed by atoms with Crippen molar-refractivity contribution in [3.8, 4) is 16.5 Å². The molecule has 0 radical (unpaired) electrons. The Morgan fingerprint density at radius 1 is 1.31 bits per heavy atom. The minimum Gasteiger partial charge on any atom is -0.491 e. The SMILES string of the molecule is CCOc1c(S(=O)(=O)CC)ccc(C(=O)c2c(C)nc(-c3cccs3)n2O)c1Cl. The zero-order valence-corrected chi connectivity index (χ0v) is 18.4. The molecule has 2 heterocycles. The number of carbonyl (C=O) groups excluding carboxylic acids is 1. The number of aryl methyl sites for hydroxylation is 1. The molecule has 154 valence electrons. The third-order valence-electron chi connectivity index (χ3n) is 4.29. The lowest BCUT2D eigenvalue weighted by Crippen LogP contribution is -2.13. The number of aromatic nitrogens is 2. The van der Waals surface area contributed by atoms with E-state index in [1.807, 2.05) is 11.4 Å². The maximum atomic E-state index is 13.2. The van der Waals surface area contributed by atoms with Crippen LogP contribution in [0.25, 0.3) is 10.7 Å². The van der Waals surface area contributed by atoms with E-state index in [1.54, 1.807) is 19.9 Å². The zero-order chi connectivity index (χ0) is 21.3. The number of halogens is 1. The average molecular weight is 455 g/mol. The standard InChI is InChI=1S/C19H19ClN2O5S2/c1-4-27-18-14(29(25,26)5-2)9-8-12(15(18)20)17(23)16-11(3)21-19(22(16)24)13-7-6-10-28-13/h6-10,24H,4-5H2,1-3H3. The van der Waals surface area contributed by atoms with E-state index in [2.05, 4.69) is 4.98 Å². The number of hydrogen-bond donors (Lipinski definition) is 1. The number of carbonyl (C=O) groups is 1. The second-order valence-corrected chi connectivity index (χ2v) is 9.65. The Kier molecular flexibility index (Phi) is 6.02. The number of ketones is 1. The molecule has 0 saturated heterocycles. The number of nitrogens with zero attached hydrogens (tertiary/aromatic N) is 2. The molecule has 3 aromatic rings. The van der Waals surface area contributed by atoms with Gasteiger partial charge in [0.15, 0.2) is 27.1 Å². The molecule has 1 N–H and O–H groups in total. The van der Waals surface area contributed by atoms with E-state index >= 15 is 0 Å². The highest BCUT2D eigenvalue weighted by atomic mass is 35.5. The van der Waals surface area contributed by atoms with Crippen molar-refractivity contribution in [1.29, 1.82) is 0 Å². The molecule has 29 heavy (non-hydrogen) atoms. The van der Waals surface area contributed by atoms with Crippen LogP contribution >= 0.6 is 22.9 Å². The predicted octanol–water partition coefficient (Wildman–Crippen LogP) is 4.23. The zero-order valence-electron chi connectivity index (χ0n) is 16.0. The van der Waals surface area contributed by atoms with Gasteiger partial charge in [-0.15, -0.1) is 11.3 Å². The molecule has 10 heteroatoms. The van der Waals surface area contributed by atoms with Gasteiger partial charge >= 0.3 is 0 Å². The van der Waals surface area contributed by atoms with Crippen LogP contribution in [-0.4, -0.2) is 41.5 Å². The Balaban J connectivity index is 2.15. The average Bonchev–Trinajstić information content (AvgIpc) is 3.30. The Morgan fingerprint density at radius 2 is 2.03 bits per heavy atom. The summed E-state index contributed by atoms with van der Waals surface area (Å²) in [5.41, 5.74) is 0.283. The van der Waals surface area contributed by atoms with Crippen LogP contribution in [0.2, 0.25) is 5.02 Å². The van der Waals surface area contributed by atoms with Crippen LogP contribution in [-0.2, 0) is 9.84 Å². The van der Waals surface area contributed by atoms with Crippen LogP contribution in [0, 0.1) is 6.92 Å². The van der Waals surface area contributed by atoms with Gasteiger partial charge in [-0.1, -0.05) is 24.6 Å².